The zero-order chi connectivity index (χ0) is 18.7. The van der Waals surface area contributed by atoms with Crippen molar-refractivity contribution in [3.63, 3.8) is 0 Å². The van der Waals surface area contributed by atoms with Crippen LogP contribution in [0, 0.1) is 5.92 Å². The summed E-state index contributed by atoms with van der Waals surface area (Å²) in [5, 5.41) is 18.2. The van der Waals surface area contributed by atoms with Gasteiger partial charge in [0.1, 0.15) is 5.51 Å². The van der Waals surface area contributed by atoms with Crippen molar-refractivity contribution in [1.29, 1.82) is 0 Å². The SMILES string of the molecule is CC1=NC(=O)N(C)C(=O)C1Cc1nnc(SCC(=O)Nc2nncs2)o1. The molecule has 1 aliphatic rings. The van der Waals surface area contributed by atoms with Crippen molar-refractivity contribution in [3.05, 3.63) is 11.4 Å². The fraction of sp³-hybridized carbons (Fsp3) is 0.385. The molecule has 1 unspecified atom stereocenters. The monoisotopic (exact) mass is 395 g/mol. The molecule has 0 bridgehead atoms. The summed E-state index contributed by atoms with van der Waals surface area (Å²) >= 11 is 2.27. The van der Waals surface area contributed by atoms with Crippen molar-refractivity contribution in [2.24, 2.45) is 10.9 Å². The molecule has 0 radical (unpaired) electrons. The molecule has 26 heavy (non-hydrogen) atoms. The Morgan fingerprint density at radius 2 is 2.19 bits per heavy atom. The van der Waals surface area contributed by atoms with E-state index in [1.807, 2.05) is 0 Å². The summed E-state index contributed by atoms with van der Waals surface area (Å²) in [5.41, 5.74) is 1.91. The van der Waals surface area contributed by atoms with Crippen LogP contribution in [0.4, 0.5) is 9.93 Å². The molecule has 3 heterocycles. The molecule has 1 atom stereocenters. The van der Waals surface area contributed by atoms with E-state index in [9.17, 15) is 14.4 Å². The van der Waals surface area contributed by atoms with Gasteiger partial charge < -0.3 is 4.42 Å². The van der Waals surface area contributed by atoms with Gasteiger partial charge in [0.15, 0.2) is 0 Å². The zero-order valence-corrected chi connectivity index (χ0v) is 15.3. The van der Waals surface area contributed by atoms with Crippen LogP contribution in [0.1, 0.15) is 12.8 Å². The quantitative estimate of drug-likeness (QED) is 0.704. The third-order valence-corrected chi connectivity index (χ3v) is 4.88. The number of nitrogens with one attached hydrogen (secondary N) is 1. The Kier molecular flexibility index (Phi) is 5.37. The lowest BCUT2D eigenvalue weighted by Gasteiger charge is -2.24. The van der Waals surface area contributed by atoms with Crippen LogP contribution >= 0.6 is 23.1 Å². The van der Waals surface area contributed by atoms with Gasteiger partial charge in [0, 0.05) is 19.2 Å². The predicted molar refractivity (Wildman–Crippen MR) is 92.0 cm³/mol. The number of aliphatic imine (C=N–C) groups is 1. The third kappa shape index (κ3) is 4.11. The molecule has 0 aromatic carbocycles. The molecule has 0 spiro atoms. The van der Waals surface area contributed by atoms with Crippen LogP contribution < -0.4 is 5.32 Å². The average Bonchev–Trinajstić information content (AvgIpc) is 3.27. The Balaban J connectivity index is 1.56. The highest BCUT2D eigenvalue weighted by Gasteiger charge is 2.34. The zero-order valence-electron chi connectivity index (χ0n) is 13.7. The van der Waals surface area contributed by atoms with E-state index in [1.54, 1.807) is 6.92 Å². The molecule has 4 amide bonds. The second kappa shape index (κ2) is 7.70. The molecular weight excluding hydrogens is 382 g/mol. The summed E-state index contributed by atoms with van der Waals surface area (Å²) < 4.78 is 5.46. The summed E-state index contributed by atoms with van der Waals surface area (Å²) in [5.74, 6) is -0.991. The number of hydrogen-bond acceptors (Lipinski definition) is 10. The number of urea groups is 1. The van der Waals surface area contributed by atoms with E-state index >= 15 is 0 Å². The first kappa shape index (κ1) is 18.1. The number of hydrogen-bond donors (Lipinski definition) is 1. The lowest BCUT2D eigenvalue weighted by atomic mass is 9.97. The van der Waals surface area contributed by atoms with E-state index < -0.39 is 11.9 Å². The first-order chi connectivity index (χ1) is 12.4. The third-order valence-electron chi connectivity index (χ3n) is 3.45. The van der Waals surface area contributed by atoms with Crippen molar-refractivity contribution in [3.8, 4) is 0 Å². The highest BCUT2D eigenvalue weighted by Crippen LogP contribution is 2.21. The number of anilines is 1. The molecule has 0 fully saturated rings. The molecule has 13 heteroatoms. The van der Waals surface area contributed by atoms with E-state index in [0.717, 1.165) is 16.7 Å². The number of thioether (sulfide) groups is 1. The van der Waals surface area contributed by atoms with Crippen molar-refractivity contribution in [2.45, 2.75) is 18.6 Å². The van der Waals surface area contributed by atoms with Crippen molar-refractivity contribution < 1.29 is 18.8 Å². The van der Waals surface area contributed by atoms with Gasteiger partial charge >= 0.3 is 6.03 Å². The van der Waals surface area contributed by atoms with Gasteiger partial charge in [0.2, 0.25) is 22.8 Å². The van der Waals surface area contributed by atoms with Crippen LogP contribution in [0.25, 0.3) is 0 Å². The van der Waals surface area contributed by atoms with Gasteiger partial charge in [-0.05, 0) is 6.92 Å². The molecule has 136 valence electrons. The summed E-state index contributed by atoms with van der Waals surface area (Å²) in [7, 11) is 1.37. The molecule has 3 rings (SSSR count). The second-order valence-electron chi connectivity index (χ2n) is 5.23. The maximum Gasteiger partial charge on any atom is 0.349 e. The number of nitrogens with zero attached hydrogens (tertiary/aromatic N) is 6. The van der Waals surface area contributed by atoms with Crippen molar-refractivity contribution >= 4 is 51.8 Å². The molecule has 1 aliphatic heterocycles. The summed E-state index contributed by atoms with van der Waals surface area (Å²) in [4.78, 5) is 40.2. The summed E-state index contributed by atoms with van der Waals surface area (Å²) in [6, 6.07) is -0.591. The minimum atomic E-state index is -0.628. The standard InChI is InChI=1S/C13H13N7O4S2/c1-6-7(10(22)20(2)12(23)15-6)3-9-17-19-13(24-9)25-4-8(21)16-11-18-14-5-26-11/h5,7H,3-4H2,1-2H3,(H,16,18,21). The first-order valence-electron chi connectivity index (χ1n) is 7.32. The van der Waals surface area contributed by atoms with Gasteiger partial charge in [-0.2, -0.15) is 0 Å². The largest absolute Gasteiger partial charge is 0.416 e. The van der Waals surface area contributed by atoms with Gasteiger partial charge in [-0.15, -0.1) is 20.4 Å². The van der Waals surface area contributed by atoms with Gasteiger partial charge in [0.05, 0.1) is 11.7 Å². The van der Waals surface area contributed by atoms with Crippen LogP contribution in [-0.2, 0) is 16.0 Å². The lowest BCUT2D eigenvalue weighted by Crippen LogP contribution is -2.44. The van der Waals surface area contributed by atoms with E-state index in [4.69, 9.17) is 4.42 Å². The summed E-state index contributed by atoms with van der Waals surface area (Å²) in [6.45, 7) is 1.61. The van der Waals surface area contributed by atoms with Gasteiger partial charge in [-0.3, -0.25) is 19.8 Å². The number of rotatable bonds is 6. The van der Waals surface area contributed by atoms with Crippen LogP contribution in [0.5, 0.6) is 0 Å². The van der Waals surface area contributed by atoms with Crippen LogP contribution in [0.3, 0.4) is 0 Å². The number of carbonyl (C=O) groups excluding carboxylic acids is 3. The minimum absolute atomic E-state index is 0.0568. The maximum absolute atomic E-state index is 12.2. The fourth-order valence-electron chi connectivity index (χ4n) is 2.11. The molecule has 11 nitrogen and oxygen atoms in total. The normalized spacial score (nSPS) is 17.4. The predicted octanol–water partition coefficient (Wildman–Crippen LogP) is 0.863. The smallest absolute Gasteiger partial charge is 0.349 e. The van der Waals surface area contributed by atoms with Crippen LogP contribution in [0.15, 0.2) is 20.1 Å². The van der Waals surface area contributed by atoms with Crippen LogP contribution in [-0.4, -0.2) is 61.7 Å². The highest BCUT2D eigenvalue weighted by molar-refractivity contribution is 7.99. The highest BCUT2D eigenvalue weighted by atomic mass is 32.2. The maximum atomic E-state index is 12.2. The topological polar surface area (TPSA) is 144 Å². The van der Waals surface area contributed by atoms with Gasteiger partial charge in [-0.25, -0.2) is 9.79 Å². The van der Waals surface area contributed by atoms with Gasteiger partial charge in [-0.1, -0.05) is 23.1 Å². The Labute approximate surface area is 155 Å². The van der Waals surface area contributed by atoms with Gasteiger partial charge in [0.25, 0.3) is 5.22 Å². The van der Waals surface area contributed by atoms with Crippen molar-refractivity contribution in [1.82, 2.24) is 25.3 Å². The van der Waals surface area contributed by atoms with Crippen molar-refractivity contribution in [2.75, 3.05) is 18.1 Å². The molecule has 0 saturated heterocycles. The Morgan fingerprint density at radius 3 is 2.92 bits per heavy atom. The molecule has 2 aromatic rings. The molecular formula is C13H13N7O4S2. The van der Waals surface area contributed by atoms with E-state index in [-0.39, 0.29) is 35.1 Å². The van der Waals surface area contributed by atoms with E-state index in [0.29, 0.717) is 10.8 Å². The number of aromatic nitrogens is 4. The first-order valence-corrected chi connectivity index (χ1v) is 9.18. The Morgan fingerprint density at radius 1 is 1.38 bits per heavy atom. The van der Waals surface area contributed by atoms with Crippen LogP contribution in [0.2, 0.25) is 0 Å². The molecule has 0 aliphatic carbocycles. The molecule has 0 saturated carbocycles. The Hall–Kier alpha value is -2.67. The lowest BCUT2D eigenvalue weighted by molar-refractivity contribution is -0.129. The molecule has 2 aromatic heterocycles. The Bertz CT molecular complexity index is 864. The number of imide groups is 1. The average molecular weight is 395 g/mol. The number of amides is 4. The van der Waals surface area contributed by atoms with E-state index in [2.05, 4.69) is 30.7 Å². The fourth-order valence-corrected chi connectivity index (χ4v) is 3.15. The summed E-state index contributed by atoms with van der Waals surface area (Å²) in [6.07, 6.45) is 0.135. The second-order valence-corrected chi connectivity index (χ2v) is 6.99. The van der Waals surface area contributed by atoms with E-state index in [1.165, 1.54) is 23.9 Å². The number of carbonyl (C=O) groups is 3. The minimum Gasteiger partial charge on any atom is -0.416 e. The molecule has 1 N–H and O–H groups in total.